The topological polar surface area (TPSA) is 60.5 Å². The standard InChI is InChI=1S/C25H24N2O3S/c1-2-29-18-13-15-19(16-14-18)30-17-7-12-24(28)26-21-9-4-3-8-20(21)25-27-22-10-5-6-11-23(22)31-25/h3-6,8-11,13-16H,2,7,12,17H2,1H3,(H,26,28). The zero-order valence-corrected chi connectivity index (χ0v) is 18.2. The molecule has 0 radical (unpaired) electrons. The molecule has 0 aliphatic carbocycles. The maximum Gasteiger partial charge on any atom is 0.224 e. The lowest BCUT2D eigenvalue weighted by atomic mass is 10.1. The summed E-state index contributed by atoms with van der Waals surface area (Å²) in [5.74, 6) is 1.55. The minimum Gasteiger partial charge on any atom is -0.494 e. The van der Waals surface area contributed by atoms with E-state index >= 15 is 0 Å². The van der Waals surface area contributed by atoms with Gasteiger partial charge in [-0.2, -0.15) is 0 Å². The van der Waals surface area contributed by atoms with Crippen molar-refractivity contribution in [1.29, 1.82) is 0 Å². The number of thiazole rings is 1. The average molecular weight is 433 g/mol. The second-order valence-corrected chi connectivity index (χ2v) is 7.97. The minimum atomic E-state index is -0.0381. The monoisotopic (exact) mass is 432 g/mol. The molecule has 31 heavy (non-hydrogen) atoms. The van der Waals surface area contributed by atoms with E-state index in [0.29, 0.717) is 26.1 Å². The van der Waals surface area contributed by atoms with Gasteiger partial charge in [0.15, 0.2) is 0 Å². The third kappa shape index (κ3) is 5.41. The van der Waals surface area contributed by atoms with Gasteiger partial charge in [-0.1, -0.05) is 24.3 Å². The molecule has 1 aromatic heterocycles. The van der Waals surface area contributed by atoms with E-state index in [1.165, 1.54) is 0 Å². The molecule has 1 amide bonds. The minimum absolute atomic E-state index is 0.0381. The maximum absolute atomic E-state index is 12.5. The summed E-state index contributed by atoms with van der Waals surface area (Å²) in [6, 6.07) is 23.3. The molecule has 6 heteroatoms. The highest BCUT2D eigenvalue weighted by Gasteiger charge is 2.12. The third-order valence-corrected chi connectivity index (χ3v) is 5.75. The fourth-order valence-electron chi connectivity index (χ4n) is 3.20. The first-order chi connectivity index (χ1) is 15.2. The number of hydrogen-bond acceptors (Lipinski definition) is 5. The van der Waals surface area contributed by atoms with Crippen molar-refractivity contribution in [3.8, 4) is 22.1 Å². The summed E-state index contributed by atoms with van der Waals surface area (Å²) in [5, 5.41) is 3.93. The summed E-state index contributed by atoms with van der Waals surface area (Å²) < 4.78 is 12.3. The molecular weight excluding hydrogens is 408 g/mol. The highest BCUT2D eigenvalue weighted by atomic mass is 32.1. The third-order valence-electron chi connectivity index (χ3n) is 4.68. The molecular formula is C25H24N2O3S. The molecule has 5 nitrogen and oxygen atoms in total. The quantitative estimate of drug-likeness (QED) is 0.322. The zero-order valence-electron chi connectivity index (χ0n) is 17.3. The second kappa shape index (κ2) is 10.1. The molecule has 3 aromatic carbocycles. The molecule has 0 bridgehead atoms. The lowest BCUT2D eigenvalue weighted by Gasteiger charge is -2.10. The molecule has 0 aliphatic rings. The van der Waals surface area contributed by atoms with Crippen LogP contribution in [0, 0.1) is 0 Å². The van der Waals surface area contributed by atoms with Gasteiger partial charge in [0.2, 0.25) is 5.91 Å². The Kier molecular flexibility index (Phi) is 6.79. The number of benzene rings is 3. The molecule has 0 fully saturated rings. The molecule has 4 aromatic rings. The van der Waals surface area contributed by atoms with Gasteiger partial charge in [-0.25, -0.2) is 4.98 Å². The number of anilines is 1. The number of nitrogens with zero attached hydrogens (tertiary/aromatic N) is 1. The predicted octanol–water partition coefficient (Wildman–Crippen LogP) is 6.16. The van der Waals surface area contributed by atoms with Crippen LogP contribution in [0.25, 0.3) is 20.8 Å². The van der Waals surface area contributed by atoms with Crippen molar-refractivity contribution in [2.24, 2.45) is 0 Å². The smallest absolute Gasteiger partial charge is 0.224 e. The van der Waals surface area contributed by atoms with Crippen LogP contribution in [0.1, 0.15) is 19.8 Å². The number of rotatable bonds is 9. The van der Waals surface area contributed by atoms with E-state index in [1.54, 1.807) is 11.3 Å². The number of para-hydroxylation sites is 2. The summed E-state index contributed by atoms with van der Waals surface area (Å²) >= 11 is 1.62. The highest BCUT2D eigenvalue weighted by molar-refractivity contribution is 7.21. The summed E-state index contributed by atoms with van der Waals surface area (Å²) in [7, 11) is 0. The molecule has 0 spiro atoms. The number of nitrogens with one attached hydrogen (secondary N) is 1. The summed E-state index contributed by atoms with van der Waals surface area (Å²) in [6.45, 7) is 3.06. The fraction of sp³-hybridized carbons (Fsp3) is 0.200. The van der Waals surface area contributed by atoms with Gasteiger partial charge in [-0.15, -0.1) is 11.3 Å². The van der Waals surface area contributed by atoms with Gasteiger partial charge >= 0.3 is 0 Å². The van der Waals surface area contributed by atoms with Crippen LogP contribution in [0.5, 0.6) is 11.5 Å². The summed E-state index contributed by atoms with van der Waals surface area (Å²) in [5.41, 5.74) is 2.68. The van der Waals surface area contributed by atoms with Gasteiger partial charge in [0.05, 0.1) is 29.1 Å². The molecule has 4 rings (SSSR count). The lowest BCUT2D eigenvalue weighted by Crippen LogP contribution is -2.13. The van der Waals surface area contributed by atoms with Gasteiger partial charge in [0, 0.05) is 12.0 Å². The Morgan fingerprint density at radius 3 is 2.42 bits per heavy atom. The van der Waals surface area contributed by atoms with Crippen molar-refractivity contribution in [2.45, 2.75) is 19.8 Å². The first kappa shape index (κ1) is 20.9. The number of carbonyl (C=O) groups excluding carboxylic acids is 1. The number of carbonyl (C=O) groups is 1. The Balaban J connectivity index is 1.32. The van der Waals surface area contributed by atoms with Crippen molar-refractivity contribution in [1.82, 2.24) is 4.98 Å². The maximum atomic E-state index is 12.5. The fourth-order valence-corrected chi connectivity index (χ4v) is 4.21. The van der Waals surface area contributed by atoms with E-state index in [2.05, 4.69) is 11.4 Å². The number of fused-ring (bicyclic) bond motifs is 1. The molecule has 1 N–H and O–H groups in total. The van der Waals surface area contributed by atoms with Gasteiger partial charge in [-0.05, 0) is 61.9 Å². The van der Waals surface area contributed by atoms with Crippen LogP contribution in [0.2, 0.25) is 0 Å². The number of ether oxygens (including phenoxy) is 2. The second-order valence-electron chi connectivity index (χ2n) is 6.94. The van der Waals surface area contributed by atoms with Gasteiger partial charge < -0.3 is 14.8 Å². The molecule has 0 atom stereocenters. The van der Waals surface area contributed by atoms with Crippen LogP contribution < -0.4 is 14.8 Å². The summed E-state index contributed by atoms with van der Waals surface area (Å²) in [6.07, 6.45) is 1.01. The SMILES string of the molecule is CCOc1ccc(OCCCC(=O)Nc2ccccc2-c2nc3ccccc3s2)cc1. The van der Waals surface area contributed by atoms with Gasteiger partial charge in [0.1, 0.15) is 16.5 Å². The first-order valence-electron chi connectivity index (χ1n) is 10.3. The Labute approximate surface area is 185 Å². The lowest BCUT2D eigenvalue weighted by molar-refractivity contribution is -0.116. The summed E-state index contributed by atoms with van der Waals surface area (Å²) in [4.78, 5) is 17.2. The van der Waals surface area contributed by atoms with E-state index in [4.69, 9.17) is 14.5 Å². The van der Waals surface area contributed by atoms with E-state index < -0.39 is 0 Å². The predicted molar refractivity (Wildman–Crippen MR) is 126 cm³/mol. The van der Waals surface area contributed by atoms with Crippen molar-refractivity contribution < 1.29 is 14.3 Å². The Morgan fingerprint density at radius 2 is 1.65 bits per heavy atom. The van der Waals surface area contributed by atoms with Crippen molar-refractivity contribution in [3.05, 3.63) is 72.8 Å². The Hall–Kier alpha value is -3.38. The van der Waals surface area contributed by atoms with Crippen LogP contribution >= 0.6 is 11.3 Å². The van der Waals surface area contributed by atoms with E-state index in [1.807, 2.05) is 73.7 Å². The molecule has 0 saturated carbocycles. The zero-order chi connectivity index (χ0) is 21.5. The highest BCUT2D eigenvalue weighted by Crippen LogP contribution is 2.34. The van der Waals surface area contributed by atoms with Crippen LogP contribution in [-0.2, 0) is 4.79 Å². The van der Waals surface area contributed by atoms with Crippen molar-refractivity contribution >= 4 is 33.1 Å². The number of amides is 1. The van der Waals surface area contributed by atoms with Crippen LogP contribution in [0.3, 0.4) is 0 Å². The average Bonchev–Trinajstić information content (AvgIpc) is 3.22. The van der Waals surface area contributed by atoms with Gasteiger partial charge in [0.25, 0.3) is 0 Å². The molecule has 158 valence electrons. The van der Waals surface area contributed by atoms with E-state index in [0.717, 1.165) is 38.0 Å². The molecule has 1 heterocycles. The van der Waals surface area contributed by atoms with Crippen molar-refractivity contribution in [3.63, 3.8) is 0 Å². The van der Waals surface area contributed by atoms with Gasteiger partial charge in [-0.3, -0.25) is 4.79 Å². The Bertz CT molecular complexity index is 1120. The van der Waals surface area contributed by atoms with Crippen molar-refractivity contribution in [2.75, 3.05) is 18.5 Å². The Morgan fingerprint density at radius 1 is 0.935 bits per heavy atom. The van der Waals surface area contributed by atoms with Crippen LogP contribution in [0.15, 0.2) is 72.8 Å². The number of hydrogen-bond donors (Lipinski definition) is 1. The molecule has 0 aliphatic heterocycles. The van der Waals surface area contributed by atoms with E-state index in [9.17, 15) is 4.79 Å². The normalized spacial score (nSPS) is 10.7. The van der Waals surface area contributed by atoms with Crippen LogP contribution in [-0.4, -0.2) is 24.1 Å². The molecule has 0 saturated heterocycles. The van der Waals surface area contributed by atoms with Crippen LogP contribution in [0.4, 0.5) is 5.69 Å². The molecule has 0 unspecified atom stereocenters. The number of aromatic nitrogens is 1. The first-order valence-corrected chi connectivity index (χ1v) is 11.1. The van der Waals surface area contributed by atoms with E-state index in [-0.39, 0.29) is 5.91 Å². The largest absolute Gasteiger partial charge is 0.494 e.